The second kappa shape index (κ2) is 5.91. The summed E-state index contributed by atoms with van der Waals surface area (Å²) in [5, 5.41) is 3.57. The standard InChI is InChI=1S/C19H30N2O.ClH/c22-18(19-4-2-1-3-16(19)10-20-12-19)21-11-15-6-13-5-14(7-15)9-17(21)8-13;/h13-17,20H,1-12H2;1H/t13?,14?,15?,16-,17?,19+;/m0./s1. The fourth-order valence-corrected chi connectivity index (χ4v) is 6.99. The lowest BCUT2D eigenvalue weighted by molar-refractivity contribution is -0.148. The van der Waals surface area contributed by atoms with Crippen LogP contribution in [0.2, 0.25) is 0 Å². The van der Waals surface area contributed by atoms with Gasteiger partial charge in [0.15, 0.2) is 0 Å². The van der Waals surface area contributed by atoms with Gasteiger partial charge in [-0.2, -0.15) is 0 Å². The molecule has 4 bridgehead atoms. The number of carbonyl (C=O) groups is 1. The van der Waals surface area contributed by atoms with E-state index in [0.29, 0.717) is 17.9 Å². The SMILES string of the molecule is Cl.O=C(N1CC2CC3CC(C2)CC1C3)[C@@]12CCCC[C@H]1CNC2. The average molecular weight is 339 g/mol. The molecule has 2 unspecified atom stereocenters. The summed E-state index contributed by atoms with van der Waals surface area (Å²) < 4.78 is 0. The molecule has 4 atom stereocenters. The molecule has 0 aromatic carbocycles. The number of fused-ring (bicyclic) bond motifs is 2. The Balaban J connectivity index is 0.00000135. The number of hydrogen-bond acceptors (Lipinski definition) is 2. The number of nitrogens with zero attached hydrogens (tertiary/aromatic N) is 1. The van der Waals surface area contributed by atoms with Gasteiger partial charge in [0.25, 0.3) is 0 Å². The summed E-state index contributed by atoms with van der Waals surface area (Å²) in [6.45, 7) is 3.13. The van der Waals surface area contributed by atoms with Crippen molar-refractivity contribution in [1.29, 1.82) is 0 Å². The number of rotatable bonds is 1. The van der Waals surface area contributed by atoms with E-state index in [1.807, 2.05) is 0 Å². The molecule has 130 valence electrons. The molecular formula is C19H31ClN2O. The lowest BCUT2D eigenvalue weighted by Gasteiger charge is -2.44. The Hall–Kier alpha value is -0.280. The molecule has 4 heteroatoms. The predicted molar refractivity (Wildman–Crippen MR) is 93.6 cm³/mol. The Bertz CT molecular complexity index is 470. The average Bonchev–Trinajstić information content (AvgIpc) is 2.86. The fourth-order valence-electron chi connectivity index (χ4n) is 6.99. The molecule has 23 heavy (non-hydrogen) atoms. The van der Waals surface area contributed by atoms with Crippen LogP contribution >= 0.6 is 12.4 Å². The largest absolute Gasteiger partial charge is 0.339 e. The first-order valence-corrected chi connectivity index (χ1v) is 9.76. The summed E-state index contributed by atoms with van der Waals surface area (Å²) in [7, 11) is 0. The first-order valence-electron chi connectivity index (χ1n) is 9.76. The third-order valence-electron chi connectivity index (χ3n) is 7.83. The van der Waals surface area contributed by atoms with Crippen molar-refractivity contribution in [3.05, 3.63) is 0 Å². The molecule has 0 aromatic heterocycles. The molecule has 0 spiro atoms. The molecule has 3 nitrogen and oxygen atoms in total. The van der Waals surface area contributed by atoms with Crippen molar-refractivity contribution in [2.45, 2.75) is 63.8 Å². The first-order chi connectivity index (χ1) is 10.7. The zero-order valence-electron chi connectivity index (χ0n) is 14.1. The van der Waals surface area contributed by atoms with Crippen LogP contribution in [0.1, 0.15) is 57.8 Å². The summed E-state index contributed by atoms with van der Waals surface area (Å²) in [4.78, 5) is 16.1. The van der Waals surface area contributed by atoms with Gasteiger partial charge in [0, 0.05) is 19.1 Å². The maximum absolute atomic E-state index is 13.7. The number of nitrogens with one attached hydrogen (secondary N) is 1. The Morgan fingerprint density at radius 1 is 1.00 bits per heavy atom. The number of amides is 1. The van der Waals surface area contributed by atoms with E-state index in [2.05, 4.69) is 10.2 Å². The van der Waals surface area contributed by atoms with E-state index < -0.39 is 0 Å². The van der Waals surface area contributed by atoms with Gasteiger partial charge in [0.1, 0.15) is 0 Å². The van der Waals surface area contributed by atoms with E-state index in [9.17, 15) is 4.79 Å². The molecule has 1 amide bonds. The molecule has 0 radical (unpaired) electrons. The highest BCUT2D eigenvalue weighted by molar-refractivity contribution is 5.85. The summed E-state index contributed by atoms with van der Waals surface area (Å²) in [5.74, 6) is 3.85. The minimum atomic E-state index is -0.0279. The highest BCUT2D eigenvalue weighted by atomic mass is 35.5. The van der Waals surface area contributed by atoms with Crippen LogP contribution in [0.3, 0.4) is 0 Å². The van der Waals surface area contributed by atoms with Crippen LogP contribution in [0.25, 0.3) is 0 Å². The van der Waals surface area contributed by atoms with E-state index in [4.69, 9.17) is 0 Å². The number of hydrogen-bond donors (Lipinski definition) is 1. The van der Waals surface area contributed by atoms with Crippen LogP contribution in [-0.2, 0) is 4.79 Å². The van der Waals surface area contributed by atoms with E-state index in [0.717, 1.165) is 43.8 Å². The highest BCUT2D eigenvalue weighted by Crippen LogP contribution is 2.51. The zero-order valence-corrected chi connectivity index (χ0v) is 15.0. The Kier molecular flexibility index (Phi) is 4.16. The van der Waals surface area contributed by atoms with Gasteiger partial charge in [-0.05, 0) is 75.2 Å². The molecule has 6 rings (SSSR count). The van der Waals surface area contributed by atoms with Crippen LogP contribution in [0.5, 0.6) is 0 Å². The van der Waals surface area contributed by atoms with Crippen molar-refractivity contribution >= 4 is 18.3 Å². The van der Waals surface area contributed by atoms with Crippen molar-refractivity contribution in [3.63, 3.8) is 0 Å². The van der Waals surface area contributed by atoms with E-state index in [1.165, 1.54) is 51.4 Å². The van der Waals surface area contributed by atoms with Gasteiger partial charge in [-0.15, -0.1) is 12.4 Å². The Morgan fingerprint density at radius 2 is 1.74 bits per heavy atom. The third kappa shape index (κ3) is 2.45. The van der Waals surface area contributed by atoms with Crippen molar-refractivity contribution < 1.29 is 4.79 Å². The monoisotopic (exact) mass is 338 g/mol. The summed E-state index contributed by atoms with van der Waals surface area (Å²) >= 11 is 0. The molecule has 6 aliphatic rings. The van der Waals surface area contributed by atoms with Crippen molar-refractivity contribution in [1.82, 2.24) is 10.2 Å². The summed E-state index contributed by atoms with van der Waals surface area (Å²) in [6, 6.07) is 0.585. The molecule has 3 saturated heterocycles. The topological polar surface area (TPSA) is 32.3 Å². The molecule has 3 heterocycles. The van der Waals surface area contributed by atoms with Crippen LogP contribution in [0.4, 0.5) is 0 Å². The molecular weight excluding hydrogens is 308 g/mol. The van der Waals surface area contributed by atoms with E-state index >= 15 is 0 Å². The van der Waals surface area contributed by atoms with Gasteiger partial charge >= 0.3 is 0 Å². The molecule has 3 saturated carbocycles. The highest BCUT2D eigenvalue weighted by Gasteiger charge is 2.54. The molecule has 3 aliphatic heterocycles. The van der Waals surface area contributed by atoms with Crippen LogP contribution in [-0.4, -0.2) is 36.5 Å². The van der Waals surface area contributed by atoms with E-state index in [1.54, 1.807) is 0 Å². The second-order valence-electron chi connectivity index (χ2n) is 9.12. The van der Waals surface area contributed by atoms with Gasteiger partial charge in [-0.3, -0.25) is 4.79 Å². The van der Waals surface area contributed by atoms with Crippen LogP contribution in [0.15, 0.2) is 0 Å². The van der Waals surface area contributed by atoms with Gasteiger partial charge < -0.3 is 10.2 Å². The maximum Gasteiger partial charge on any atom is 0.230 e. The van der Waals surface area contributed by atoms with Crippen molar-refractivity contribution in [2.75, 3.05) is 19.6 Å². The zero-order chi connectivity index (χ0) is 14.7. The molecule has 1 N–H and O–H groups in total. The second-order valence-corrected chi connectivity index (χ2v) is 9.12. The molecule has 6 fully saturated rings. The molecule has 3 aliphatic carbocycles. The minimum absolute atomic E-state index is 0. The Labute approximate surface area is 146 Å². The van der Waals surface area contributed by atoms with Crippen molar-refractivity contribution in [2.24, 2.45) is 29.1 Å². The predicted octanol–water partition coefficient (Wildman–Crippen LogP) is 3.23. The molecule has 0 aromatic rings. The third-order valence-corrected chi connectivity index (χ3v) is 7.83. The first kappa shape index (κ1) is 16.2. The van der Waals surface area contributed by atoms with Gasteiger partial charge in [-0.1, -0.05) is 12.8 Å². The smallest absolute Gasteiger partial charge is 0.230 e. The van der Waals surface area contributed by atoms with Gasteiger partial charge in [0.05, 0.1) is 5.41 Å². The Morgan fingerprint density at radius 3 is 2.52 bits per heavy atom. The summed E-state index contributed by atoms with van der Waals surface area (Å²) in [6.07, 6.45) is 11.9. The maximum atomic E-state index is 13.7. The number of carbonyl (C=O) groups excluding carboxylic acids is 1. The normalized spacial score (nSPS) is 47.8. The van der Waals surface area contributed by atoms with Gasteiger partial charge in [0.2, 0.25) is 5.91 Å². The van der Waals surface area contributed by atoms with Crippen LogP contribution < -0.4 is 5.32 Å². The fraction of sp³-hybridized carbons (Fsp3) is 0.947. The lowest BCUT2D eigenvalue weighted by atomic mass is 9.67. The summed E-state index contributed by atoms with van der Waals surface area (Å²) in [5.41, 5.74) is -0.0279. The lowest BCUT2D eigenvalue weighted by Crippen LogP contribution is -2.53. The van der Waals surface area contributed by atoms with Crippen molar-refractivity contribution in [3.8, 4) is 0 Å². The van der Waals surface area contributed by atoms with Crippen LogP contribution in [0, 0.1) is 29.1 Å². The quantitative estimate of drug-likeness (QED) is 0.796. The van der Waals surface area contributed by atoms with Gasteiger partial charge in [-0.25, -0.2) is 0 Å². The minimum Gasteiger partial charge on any atom is -0.339 e. The van der Waals surface area contributed by atoms with E-state index in [-0.39, 0.29) is 17.8 Å². The number of halogens is 1.